The maximum absolute atomic E-state index is 5.11. The van der Waals surface area contributed by atoms with Gasteiger partial charge >= 0.3 is 0 Å². The van der Waals surface area contributed by atoms with E-state index < -0.39 is 0 Å². The average molecular weight is 200 g/mol. The Balaban J connectivity index is 3.12. The molecule has 0 bridgehead atoms. The monoisotopic (exact) mass is 200 g/mol. The molecule has 2 nitrogen and oxygen atoms in total. The van der Waals surface area contributed by atoms with Crippen LogP contribution >= 0.6 is 0 Å². The fraction of sp³-hybridized carbons (Fsp3) is 0.833. The molecule has 0 unspecified atom stereocenters. The normalized spacial score (nSPS) is 11.7. The van der Waals surface area contributed by atoms with Crippen LogP contribution in [-0.4, -0.2) is 20.5 Å². The highest BCUT2D eigenvalue weighted by Gasteiger charge is 2.02. The van der Waals surface area contributed by atoms with Crippen molar-refractivity contribution < 1.29 is 9.47 Å². The van der Waals surface area contributed by atoms with E-state index in [4.69, 9.17) is 9.47 Å². The van der Waals surface area contributed by atoms with Crippen molar-refractivity contribution in [2.45, 2.75) is 51.7 Å². The Labute approximate surface area is 88.3 Å². The lowest BCUT2D eigenvalue weighted by molar-refractivity contribution is -0.107. The molecule has 0 N–H and O–H groups in total. The van der Waals surface area contributed by atoms with E-state index in [1.165, 1.54) is 32.1 Å². The number of allylic oxidation sites excluding steroid dienone is 2. The summed E-state index contributed by atoms with van der Waals surface area (Å²) < 4.78 is 10.2. The van der Waals surface area contributed by atoms with Crippen molar-refractivity contribution >= 4 is 0 Å². The lowest BCUT2D eigenvalue weighted by atomic mass is 10.1. The highest BCUT2D eigenvalue weighted by molar-refractivity contribution is 4.76. The Hall–Kier alpha value is -0.340. The lowest BCUT2D eigenvalue weighted by Crippen LogP contribution is -2.12. The summed E-state index contributed by atoms with van der Waals surface area (Å²) in [6, 6.07) is 0. The van der Waals surface area contributed by atoms with Crippen molar-refractivity contribution in [3.8, 4) is 0 Å². The molecule has 84 valence electrons. The average Bonchev–Trinajstić information content (AvgIpc) is 2.22. The van der Waals surface area contributed by atoms with Crippen molar-refractivity contribution in [2.75, 3.05) is 14.2 Å². The molecule has 0 saturated carbocycles. The molecule has 0 aliphatic rings. The number of hydrogen-bond donors (Lipinski definition) is 0. The van der Waals surface area contributed by atoms with Gasteiger partial charge in [-0.3, -0.25) is 0 Å². The van der Waals surface area contributed by atoms with Crippen molar-refractivity contribution in [1.82, 2.24) is 0 Å². The highest BCUT2D eigenvalue weighted by atomic mass is 16.7. The second kappa shape index (κ2) is 10.7. The molecule has 0 aliphatic heterocycles. The number of ether oxygens (including phenoxy) is 2. The zero-order valence-corrected chi connectivity index (χ0v) is 9.79. The Morgan fingerprint density at radius 3 is 2.21 bits per heavy atom. The van der Waals surface area contributed by atoms with Gasteiger partial charge < -0.3 is 9.47 Å². The van der Waals surface area contributed by atoms with Gasteiger partial charge in [-0.05, 0) is 32.6 Å². The first-order chi connectivity index (χ1) is 6.85. The summed E-state index contributed by atoms with van der Waals surface area (Å²) in [5, 5.41) is 0. The minimum atomic E-state index is -0.00876. The second-order valence-electron chi connectivity index (χ2n) is 3.46. The fourth-order valence-corrected chi connectivity index (χ4v) is 1.43. The molecular weight excluding hydrogens is 176 g/mol. The second-order valence-corrected chi connectivity index (χ2v) is 3.46. The molecule has 0 heterocycles. The maximum atomic E-state index is 5.11. The van der Waals surface area contributed by atoms with Gasteiger partial charge in [0.25, 0.3) is 0 Å². The van der Waals surface area contributed by atoms with E-state index in [0.717, 1.165) is 6.42 Å². The van der Waals surface area contributed by atoms with Crippen LogP contribution in [0.2, 0.25) is 0 Å². The SMILES string of the molecule is C/C=C/CCCCCCC(OC)OC. The van der Waals surface area contributed by atoms with Gasteiger partial charge in [0.15, 0.2) is 6.29 Å². The van der Waals surface area contributed by atoms with Crippen LogP contribution in [0.3, 0.4) is 0 Å². The summed E-state index contributed by atoms with van der Waals surface area (Å²) in [5.74, 6) is 0. The molecule has 0 saturated heterocycles. The zero-order chi connectivity index (χ0) is 10.6. The minimum absolute atomic E-state index is 0.00876. The summed E-state index contributed by atoms with van der Waals surface area (Å²) in [5.41, 5.74) is 0. The first-order valence-corrected chi connectivity index (χ1v) is 5.52. The summed E-state index contributed by atoms with van der Waals surface area (Å²) in [6.07, 6.45) is 11.7. The number of hydrogen-bond acceptors (Lipinski definition) is 2. The number of unbranched alkanes of at least 4 members (excludes halogenated alkanes) is 4. The Morgan fingerprint density at radius 2 is 1.64 bits per heavy atom. The summed E-state index contributed by atoms with van der Waals surface area (Å²) in [6.45, 7) is 2.07. The molecule has 0 fully saturated rings. The molecule has 14 heavy (non-hydrogen) atoms. The van der Waals surface area contributed by atoms with Crippen LogP contribution in [0.4, 0.5) is 0 Å². The van der Waals surface area contributed by atoms with Gasteiger partial charge in [0.2, 0.25) is 0 Å². The van der Waals surface area contributed by atoms with E-state index in [9.17, 15) is 0 Å². The maximum Gasteiger partial charge on any atom is 0.156 e. The largest absolute Gasteiger partial charge is 0.356 e. The molecule has 0 aromatic heterocycles. The van der Waals surface area contributed by atoms with Gasteiger partial charge in [0, 0.05) is 14.2 Å². The highest BCUT2D eigenvalue weighted by Crippen LogP contribution is 2.09. The zero-order valence-electron chi connectivity index (χ0n) is 9.79. The van der Waals surface area contributed by atoms with E-state index in [1.54, 1.807) is 14.2 Å². The Bertz CT molecular complexity index is 128. The van der Waals surface area contributed by atoms with Crippen molar-refractivity contribution in [3.63, 3.8) is 0 Å². The molecule has 2 heteroatoms. The first-order valence-electron chi connectivity index (χ1n) is 5.52. The third-order valence-corrected chi connectivity index (χ3v) is 2.32. The summed E-state index contributed by atoms with van der Waals surface area (Å²) in [4.78, 5) is 0. The van der Waals surface area contributed by atoms with Gasteiger partial charge in [0.05, 0.1) is 0 Å². The van der Waals surface area contributed by atoms with Crippen LogP contribution in [0.5, 0.6) is 0 Å². The lowest BCUT2D eigenvalue weighted by Gasteiger charge is -2.12. The number of rotatable bonds is 9. The molecule has 0 spiro atoms. The van der Waals surface area contributed by atoms with Gasteiger partial charge in [0.1, 0.15) is 0 Å². The van der Waals surface area contributed by atoms with Crippen LogP contribution in [-0.2, 0) is 9.47 Å². The van der Waals surface area contributed by atoms with Crippen molar-refractivity contribution in [1.29, 1.82) is 0 Å². The first kappa shape index (κ1) is 13.7. The predicted molar refractivity (Wildman–Crippen MR) is 60.3 cm³/mol. The molecule has 0 atom stereocenters. The molecule has 0 rings (SSSR count). The Kier molecular flexibility index (Phi) is 10.5. The van der Waals surface area contributed by atoms with Crippen LogP contribution in [0, 0.1) is 0 Å². The fourth-order valence-electron chi connectivity index (χ4n) is 1.43. The molecular formula is C12H24O2. The quantitative estimate of drug-likeness (QED) is 0.322. The van der Waals surface area contributed by atoms with Crippen molar-refractivity contribution in [2.24, 2.45) is 0 Å². The standard InChI is InChI=1S/C12H24O2/c1-4-5-6-7-8-9-10-11-12(13-2)14-3/h4-5,12H,6-11H2,1-3H3/b5-4+. The van der Waals surface area contributed by atoms with E-state index in [2.05, 4.69) is 19.1 Å². The minimum Gasteiger partial charge on any atom is -0.356 e. The third-order valence-electron chi connectivity index (χ3n) is 2.32. The van der Waals surface area contributed by atoms with Gasteiger partial charge in [-0.1, -0.05) is 25.0 Å². The predicted octanol–water partition coefficient (Wildman–Crippen LogP) is 3.52. The van der Waals surface area contributed by atoms with Crippen LogP contribution in [0.15, 0.2) is 12.2 Å². The van der Waals surface area contributed by atoms with E-state index in [1.807, 2.05) is 0 Å². The van der Waals surface area contributed by atoms with Crippen LogP contribution in [0.25, 0.3) is 0 Å². The topological polar surface area (TPSA) is 18.5 Å². The van der Waals surface area contributed by atoms with E-state index in [0.29, 0.717) is 0 Å². The van der Waals surface area contributed by atoms with Gasteiger partial charge in [-0.15, -0.1) is 0 Å². The molecule has 0 aliphatic carbocycles. The van der Waals surface area contributed by atoms with Gasteiger partial charge in [-0.25, -0.2) is 0 Å². The van der Waals surface area contributed by atoms with E-state index >= 15 is 0 Å². The summed E-state index contributed by atoms with van der Waals surface area (Å²) >= 11 is 0. The van der Waals surface area contributed by atoms with Crippen LogP contribution in [0.1, 0.15) is 45.4 Å². The van der Waals surface area contributed by atoms with Gasteiger partial charge in [-0.2, -0.15) is 0 Å². The number of methoxy groups -OCH3 is 2. The smallest absolute Gasteiger partial charge is 0.156 e. The van der Waals surface area contributed by atoms with Crippen LogP contribution < -0.4 is 0 Å². The van der Waals surface area contributed by atoms with E-state index in [-0.39, 0.29) is 6.29 Å². The molecule has 0 radical (unpaired) electrons. The molecule has 0 aromatic carbocycles. The van der Waals surface area contributed by atoms with Crippen molar-refractivity contribution in [3.05, 3.63) is 12.2 Å². The third kappa shape index (κ3) is 8.27. The Morgan fingerprint density at radius 1 is 1.00 bits per heavy atom. The summed E-state index contributed by atoms with van der Waals surface area (Å²) in [7, 11) is 3.39. The molecule has 0 amide bonds. The molecule has 0 aromatic rings.